The fraction of sp³-hybridized carbons (Fsp3) is 0.588. The highest BCUT2D eigenvalue weighted by molar-refractivity contribution is 5.81. The molecule has 0 saturated carbocycles. The Balaban J connectivity index is 1.88. The zero-order valence-corrected chi connectivity index (χ0v) is 12.7. The van der Waals surface area contributed by atoms with E-state index in [4.69, 9.17) is 0 Å². The molecule has 1 aliphatic heterocycles. The monoisotopic (exact) mass is 274 g/mol. The number of carbonyl (C=O) groups excluding carboxylic acids is 1. The van der Waals surface area contributed by atoms with E-state index in [0.717, 1.165) is 31.6 Å². The highest BCUT2D eigenvalue weighted by Crippen LogP contribution is 2.16. The van der Waals surface area contributed by atoms with Crippen molar-refractivity contribution in [2.75, 3.05) is 25.0 Å². The second kappa shape index (κ2) is 7.32. The highest BCUT2D eigenvalue weighted by atomic mass is 16.2. The van der Waals surface area contributed by atoms with Gasteiger partial charge in [-0.1, -0.05) is 31.4 Å². The number of benzene rings is 1. The summed E-state index contributed by atoms with van der Waals surface area (Å²) in [5.74, 6) is 0.229. The quantitative estimate of drug-likeness (QED) is 0.915. The number of carbonyl (C=O) groups is 1. The van der Waals surface area contributed by atoms with Crippen LogP contribution in [0, 0.1) is 13.8 Å². The second-order valence-electron chi connectivity index (χ2n) is 5.82. The van der Waals surface area contributed by atoms with Crippen LogP contribution >= 0.6 is 0 Å². The molecular formula is C17H26N2O. The van der Waals surface area contributed by atoms with Crippen molar-refractivity contribution in [2.24, 2.45) is 0 Å². The van der Waals surface area contributed by atoms with E-state index in [-0.39, 0.29) is 5.91 Å². The number of hydrogen-bond acceptors (Lipinski definition) is 2. The summed E-state index contributed by atoms with van der Waals surface area (Å²) in [6, 6.07) is 6.30. The van der Waals surface area contributed by atoms with Crippen LogP contribution in [0.4, 0.5) is 5.69 Å². The van der Waals surface area contributed by atoms with Gasteiger partial charge in [-0.05, 0) is 43.9 Å². The summed E-state index contributed by atoms with van der Waals surface area (Å²) in [6.45, 7) is 6.40. The lowest BCUT2D eigenvalue weighted by Gasteiger charge is -2.25. The van der Waals surface area contributed by atoms with Crippen molar-refractivity contribution in [1.82, 2.24) is 4.90 Å². The van der Waals surface area contributed by atoms with Crippen LogP contribution in [0.3, 0.4) is 0 Å². The second-order valence-corrected chi connectivity index (χ2v) is 5.82. The molecule has 0 atom stereocenters. The van der Waals surface area contributed by atoms with E-state index in [9.17, 15) is 4.79 Å². The van der Waals surface area contributed by atoms with Crippen molar-refractivity contribution >= 4 is 11.6 Å². The Morgan fingerprint density at radius 1 is 1.10 bits per heavy atom. The maximum Gasteiger partial charge on any atom is 0.241 e. The summed E-state index contributed by atoms with van der Waals surface area (Å²) in [7, 11) is 0. The van der Waals surface area contributed by atoms with Gasteiger partial charge >= 0.3 is 0 Å². The van der Waals surface area contributed by atoms with Gasteiger partial charge in [-0.15, -0.1) is 0 Å². The molecule has 110 valence electrons. The van der Waals surface area contributed by atoms with Gasteiger partial charge in [0.1, 0.15) is 0 Å². The minimum atomic E-state index is 0.229. The zero-order chi connectivity index (χ0) is 14.4. The molecule has 0 bridgehead atoms. The molecule has 1 aromatic carbocycles. The van der Waals surface area contributed by atoms with Crippen molar-refractivity contribution in [3.05, 3.63) is 29.3 Å². The number of rotatable bonds is 3. The van der Waals surface area contributed by atoms with Crippen molar-refractivity contribution in [1.29, 1.82) is 0 Å². The summed E-state index contributed by atoms with van der Waals surface area (Å²) in [5, 5.41) is 3.30. The number of aryl methyl sites for hydroxylation is 2. The molecule has 0 aliphatic carbocycles. The summed E-state index contributed by atoms with van der Waals surface area (Å²) in [5.41, 5.74) is 3.48. The van der Waals surface area contributed by atoms with E-state index in [1.54, 1.807) is 0 Å². The van der Waals surface area contributed by atoms with Crippen LogP contribution in [0.2, 0.25) is 0 Å². The van der Waals surface area contributed by atoms with Gasteiger partial charge < -0.3 is 10.2 Å². The Kier molecular flexibility index (Phi) is 5.45. The lowest BCUT2D eigenvalue weighted by Crippen LogP contribution is -2.37. The summed E-state index contributed by atoms with van der Waals surface area (Å²) in [4.78, 5) is 14.3. The average Bonchev–Trinajstić information content (AvgIpc) is 2.39. The Labute approximate surface area is 122 Å². The summed E-state index contributed by atoms with van der Waals surface area (Å²) >= 11 is 0. The molecule has 1 amide bonds. The van der Waals surface area contributed by atoms with Gasteiger partial charge in [-0.3, -0.25) is 4.79 Å². The van der Waals surface area contributed by atoms with Crippen LogP contribution in [0.5, 0.6) is 0 Å². The number of amides is 1. The average molecular weight is 274 g/mol. The molecular weight excluding hydrogens is 248 g/mol. The Morgan fingerprint density at radius 2 is 1.75 bits per heavy atom. The number of hydrogen-bond donors (Lipinski definition) is 1. The molecule has 1 aromatic rings. The van der Waals surface area contributed by atoms with Gasteiger partial charge in [-0.25, -0.2) is 0 Å². The van der Waals surface area contributed by atoms with Crippen molar-refractivity contribution < 1.29 is 4.79 Å². The van der Waals surface area contributed by atoms with Gasteiger partial charge in [-0.2, -0.15) is 0 Å². The molecule has 1 fully saturated rings. The minimum absolute atomic E-state index is 0.229. The Hall–Kier alpha value is -1.51. The van der Waals surface area contributed by atoms with E-state index in [2.05, 4.69) is 37.4 Å². The third-order valence-corrected chi connectivity index (χ3v) is 4.03. The van der Waals surface area contributed by atoms with Crippen LogP contribution in [-0.2, 0) is 4.79 Å². The van der Waals surface area contributed by atoms with Gasteiger partial charge in [0.2, 0.25) is 5.91 Å². The molecule has 0 aromatic heterocycles. The first-order valence-electron chi connectivity index (χ1n) is 7.76. The predicted octanol–water partition coefficient (Wildman–Crippen LogP) is 3.51. The van der Waals surface area contributed by atoms with Gasteiger partial charge in [0.15, 0.2) is 0 Å². The molecule has 0 radical (unpaired) electrons. The fourth-order valence-corrected chi connectivity index (χ4v) is 2.71. The Bertz CT molecular complexity index is 448. The van der Waals surface area contributed by atoms with Crippen LogP contribution in [-0.4, -0.2) is 30.4 Å². The van der Waals surface area contributed by atoms with Crippen LogP contribution in [0.1, 0.15) is 43.2 Å². The molecule has 20 heavy (non-hydrogen) atoms. The molecule has 0 unspecified atom stereocenters. The number of nitrogens with one attached hydrogen (secondary N) is 1. The molecule has 1 N–H and O–H groups in total. The van der Waals surface area contributed by atoms with Crippen LogP contribution < -0.4 is 5.32 Å². The third-order valence-electron chi connectivity index (χ3n) is 4.03. The molecule has 0 spiro atoms. The predicted molar refractivity (Wildman–Crippen MR) is 84.1 cm³/mol. The first kappa shape index (κ1) is 14.9. The normalized spacial score (nSPS) is 16.4. The SMILES string of the molecule is Cc1ccc(C)c(NCC(=O)N2CCCCCCC2)c1. The van der Waals surface area contributed by atoms with Crippen LogP contribution in [0.25, 0.3) is 0 Å². The fourth-order valence-electron chi connectivity index (χ4n) is 2.71. The van der Waals surface area contributed by atoms with E-state index >= 15 is 0 Å². The summed E-state index contributed by atoms with van der Waals surface area (Å²) in [6.07, 6.45) is 6.13. The standard InChI is InChI=1S/C17H26N2O/c1-14-8-9-15(2)16(12-14)18-13-17(20)19-10-6-4-3-5-7-11-19/h8-9,12,18H,3-7,10-11,13H2,1-2H3. The topological polar surface area (TPSA) is 32.3 Å². The maximum absolute atomic E-state index is 12.3. The van der Waals surface area contributed by atoms with Crippen molar-refractivity contribution in [3.63, 3.8) is 0 Å². The largest absolute Gasteiger partial charge is 0.376 e. The number of likely N-dealkylation sites (tertiary alicyclic amines) is 1. The molecule has 1 saturated heterocycles. The van der Waals surface area contributed by atoms with E-state index in [1.807, 2.05) is 4.90 Å². The Morgan fingerprint density at radius 3 is 2.45 bits per heavy atom. The lowest BCUT2D eigenvalue weighted by atomic mass is 10.1. The molecule has 1 heterocycles. The third kappa shape index (κ3) is 4.26. The highest BCUT2D eigenvalue weighted by Gasteiger charge is 2.14. The van der Waals surface area contributed by atoms with Gasteiger partial charge in [0.25, 0.3) is 0 Å². The number of anilines is 1. The van der Waals surface area contributed by atoms with Crippen LogP contribution in [0.15, 0.2) is 18.2 Å². The van der Waals surface area contributed by atoms with Gasteiger partial charge in [0, 0.05) is 18.8 Å². The lowest BCUT2D eigenvalue weighted by molar-refractivity contribution is -0.129. The number of nitrogens with zero attached hydrogens (tertiary/aromatic N) is 1. The van der Waals surface area contributed by atoms with E-state index in [1.165, 1.54) is 30.4 Å². The molecule has 2 rings (SSSR count). The van der Waals surface area contributed by atoms with Crippen molar-refractivity contribution in [3.8, 4) is 0 Å². The maximum atomic E-state index is 12.3. The van der Waals surface area contributed by atoms with Crippen molar-refractivity contribution in [2.45, 2.75) is 46.0 Å². The smallest absolute Gasteiger partial charge is 0.241 e. The zero-order valence-electron chi connectivity index (χ0n) is 12.7. The molecule has 3 heteroatoms. The first-order valence-corrected chi connectivity index (χ1v) is 7.76. The molecule has 1 aliphatic rings. The van der Waals surface area contributed by atoms with E-state index in [0.29, 0.717) is 6.54 Å². The van der Waals surface area contributed by atoms with Gasteiger partial charge in [0.05, 0.1) is 6.54 Å². The molecule has 3 nitrogen and oxygen atoms in total. The van der Waals surface area contributed by atoms with E-state index < -0.39 is 0 Å². The minimum Gasteiger partial charge on any atom is -0.376 e. The first-order chi connectivity index (χ1) is 9.66. The summed E-state index contributed by atoms with van der Waals surface area (Å²) < 4.78 is 0.